The van der Waals surface area contributed by atoms with Gasteiger partial charge in [0.15, 0.2) is 0 Å². The van der Waals surface area contributed by atoms with Crippen molar-refractivity contribution in [2.24, 2.45) is 0 Å². The molecule has 2 aromatic heterocycles. The molecule has 1 fully saturated rings. The van der Waals surface area contributed by atoms with E-state index in [0.29, 0.717) is 35.7 Å². The van der Waals surface area contributed by atoms with Crippen molar-refractivity contribution in [3.8, 4) is 0 Å². The van der Waals surface area contributed by atoms with Gasteiger partial charge in [-0.2, -0.15) is 0 Å². The van der Waals surface area contributed by atoms with Crippen molar-refractivity contribution >= 4 is 34.8 Å². The number of anilines is 3. The Bertz CT molecular complexity index is 952. The number of esters is 1. The Hall–Kier alpha value is -3.46. The molecule has 150 valence electrons. The lowest BCUT2D eigenvalue weighted by Crippen LogP contribution is -2.36. The van der Waals surface area contributed by atoms with Gasteiger partial charge in [0, 0.05) is 31.0 Å². The number of nitrogens with zero attached hydrogens (tertiary/aromatic N) is 3. The monoisotopic (exact) mass is 395 g/mol. The van der Waals surface area contributed by atoms with Crippen molar-refractivity contribution < 1.29 is 19.1 Å². The van der Waals surface area contributed by atoms with Crippen molar-refractivity contribution in [3.05, 3.63) is 47.9 Å². The highest BCUT2D eigenvalue weighted by Crippen LogP contribution is 2.30. The highest BCUT2D eigenvalue weighted by molar-refractivity contribution is 6.31. The number of rotatable bonds is 5. The number of pyridine rings is 2. The molecule has 0 radical (unpaired) electrons. The lowest BCUT2D eigenvalue weighted by Gasteiger charge is -2.27. The lowest BCUT2D eigenvalue weighted by molar-refractivity contribution is -0.110. The molecule has 0 aromatic carbocycles. The van der Waals surface area contributed by atoms with Crippen LogP contribution in [0.5, 0.6) is 0 Å². The van der Waals surface area contributed by atoms with Gasteiger partial charge in [-0.3, -0.25) is 4.79 Å². The minimum atomic E-state index is -0.475. The number of nitrogens with one attached hydrogen (secondary N) is 2. The molecule has 1 saturated heterocycles. The Morgan fingerprint density at radius 2 is 2.14 bits per heavy atom. The Balaban J connectivity index is 1.51. The minimum absolute atomic E-state index is 0.269. The Kier molecular flexibility index (Phi) is 5.39. The van der Waals surface area contributed by atoms with Crippen LogP contribution in [0.3, 0.4) is 0 Å². The van der Waals surface area contributed by atoms with Gasteiger partial charge in [0.05, 0.1) is 42.8 Å². The predicted octanol–water partition coefficient (Wildman–Crippen LogP) is 1.89. The topological polar surface area (TPSA) is 106 Å². The van der Waals surface area contributed by atoms with E-state index in [-0.39, 0.29) is 12.5 Å². The van der Waals surface area contributed by atoms with E-state index >= 15 is 0 Å². The highest BCUT2D eigenvalue weighted by atomic mass is 16.5. The van der Waals surface area contributed by atoms with Gasteiger partial charge in [0.2, 0.25) is 0 Å². The van der Waals surface area contributed by atoms with Gasteiger partial charge in [-0.05, 0) is 25.1 Å². The minimum Gasteiger partial charge on any atom is -0.462 e. The average Bonchev–Trinajstić information content (AvgIpc) is 3.07. The smallest absolute Gasteiger partial charge is 0.339 e. The van der Waals surface area contributed by atoms with Crippen LogP contribution in [0.25, 0.3) is 5.57 Å². The molecule has 1 amide bonds. The van der Waals surface area contributed by atoms with Crippen LogP contribution in [-0.4, -0.2) is 54.8 Å². The Labute approximate surface area is 167 Å². The zero-order valence-corrected chi connectivity index (χ0v) is 16.0. The van der Waals surface area contributed by atoms with Crippen LogP contribution in [0.15, 0.2) is 36.8 Å². The lowest BCUT2D eigenvalue weighted by atomic mass is 10.1. The maximum Gasteiger partial charge on any atom is 0.339 e. The van der Waals surface area contributed by atoms with Crippen LogP contribution in [0.1, 0.15) is 22.8 Å². The second-order valence-electron chi connectivity index (χ2n) is 6.50. The van der Waals surface area contributed by atoms with E-state index in [1.54, 1.807) is 25.4 Å². The van der Waals surface area contributed by atoms with Gasteiger partial charge >= 0.3 is 5.97 Å². The van der Waals surface area contributed by atoms with Gasteiger partial charge in [0.25, 0.3) is 5.91 Å². The fourth-order valence-corrected chi connectivity index (χ4v) is 3.14. The van der Waals surface area contributed by atoms with Gasteiger partial charge in [-0.1, -0.05) is 0 Å². The highest BCUT2D eigenvalue weighted by Gasteiger charge is 2.27. The Morgan fingerprint density at radius 3 is 2.86 bits per heavy atom. The molecule has 0 bridgehead atoms. The summed E-state index contributed by atoms with van der Waals surface area (Å²) in [7, 11) is 0. The second kappa shape index (κ2) is 8.27. The summed E-state index contributed by atoms with van der Waals surface area (Å²) in [6, 6.07) is 5.43. The standard InChI is InChI=1S/C20H21N5O4/c1-2-29-20(27)13-9-15-16(19(26)24-18(15)23-10-13)12-21-14-3-4-17(22-11-14)25-5-7-28-8-6-25/h3-4,9-12,21H,2,5-8H2,1H3,(H,23,24,26). The number of carbonyl (C=O) groups excluding carboxylic acids is 2. The van der Waals surface area contributed by atoms with Gasteiger partial charge < -0.3 is 25.0 Å². The molecule has 4 rings (SSSR count). The SMILES string of the molecule is CCOC(=O)c1cnc2c(c1)C(=CNc1ccc(N3CCOCC3)nc1)C(=O)N2. The number of fused-ring (bicyclic) bond motifs is 1. The third kappa shape index (κ3) is 4.04. The molecule has 0 saturated carbocycles. The predicted molar refractivity (Wildman–Crippen MR) is 108 cm³/mol. The molecule has 0 atom stereocenters. The second-order valence-corrected chi connectivity index (χ2v) is 6.50. The van der Waals surface area contributed by atoms with E-state index in [0.717, 1.165) is 24.6 Å². The number of hydrogen-bond acceptors (Lipinski definition) is 8. The summed E-state index contributed by atoms with van der Waals surface area (Å²) < 4.78 is 10.4. The summed E-state index contributed by atoms with van der Waals surface area (Å²) in [6.45, 7) is 5.03. The van der Waals surface area contributed by atoms with Crippen LogP contribution in [0.4, 0.5) is 17.3 Å². The number of aromatic nitrogens is 2. The van der Waals surface area contributed by atoms with Gasteiger partial charge in [-0.25, -0.2) is 14.8 Å². The van der Waals surface area contributed by atoms with Crippen LogP contribution < -0.4 is 15.5 Å². The molecule has 4 heterocycles. The molecule has 9 nitrogen and oxygen atoms in total. The van der Waals surface area contributed by atoms with Crippen LogP contribution in [0, 0.1) is 0 Å². The first-order valence-corrected chi connectivity index (χ1v) is 9.40. The van der Waals surface area contributed by atoms with Crippen molar-refractivity contribution in [3.63, 3.8) is 0 Å². The van der Waals surface area contributed by atoms with Gasteiger partial charge in [-0.15, -0.1) is 0 Å². The summed E-state index contributed by atoms with van der Waals surface area (Å²) in [6.07, 6.45) is 4.69. The molecular weight excluding hydrogens is 374 g/mol. The quantitative estimate of drug-likeness (QED) is 0.584. The van der Waals surface area contributed by atoms with E-state index in [1.165, 1.54) is 6.20 Å². The number of ether oxygens (including phenoxy) is 2. The third-order valence-electron chi connectivity index (χ3n) is 4.63. The molecule has 2 aliphatic rings. The fourth-order valence-electron chi connectivity index (χ4n) is 3.14. The van der Waals surface area contributed by atoms with E-state index in [9.17, 15) is 9.59 Å². The molecule has 29 heavy (non-hydrogen) atoms. The van der Waals surface area contributed by atoms with E-state index < -0.39 is 5.97 Å². The molecular formula is C20H21N5O4. The summed E-state index contributed by atoms with van der Waals surface area (Å²) in [4.78, 5) is 35.0. The number of carbonyl (C=O) groups is 2. The molecule has 0 aliphatic carbocycles. The van der Waals surface area contributed by atoms with Gasteiger partial charge in [0.1, 0.15) is 11.6 Å². The first-order valence-electron chi connectivity index (χ1n) is 9.40. The zero-order chi connectivity index (χ0) is 20.2. The van der Waals surface area contributed by atoms with E-state index in [4.69, 9.17) is 9.47 Å². The van der Waals surface area contributed by atoms with Crippen molar-refractivity contribution in [1.82, 2.24) is 9.97 Å². The molecule has 0 spiro atoms. The summed E-state index contributed by atoms with van der Waals surface area (Å²) >= 11 is 0. The van der Waals surface area contributed by atoms with Crippen molar-refractivity contribution in [2.45, 2.75) is 6.92 Å². The van der Waals surface area contributed by atoms with Crippen LogP contribution in [0.2, 0.25) is 0 Å². The fraction of sp³-hybridized carbons (Fsp3) is 0.300. The normalized spacial score (nSPS) is 17.1. The zero-order valence-electron chi connectivity index (χ0n) is 16.0. The van der Waals surface area contributed by atoms with Crippen LogP contribution >= 0.6 is 0 Å². The largest absolute Gasteiger partial charge is 0.462 e. The number of amides is 1. The summed E-state index contributed by atoms with van der Waals surface area (Å²) in [5.74, 6) is 0.534. The molecule has 2 N–H and O–H groups in total. The maximum atomic E-state index is 12.3. The average molecular weight is 395 g/mol. The number of hydrogen-bond donors (Lipinski definition) is 2. The van der Waals surface area contributed by atoms with Crippen molar-refractivity contribution in [1.29, 1.82) is 0 Å². The third-order valence-corrected chi connectivity index (χ3v) is 4.63. The first-order chi connectivity index (χ1) is 14.2. The first kappa shape index (κ1) is 18.9. The van der Waals surface area contributed by atoms with E-state index in [2.05, 4.69) is 25.5 Å². The van der Waals surface area contributed by atoms with Crippen molar-refractivity contribution in [2.75, 3.05) is 48.4 Å². The van der Waals surface area contributed by atoms with Crippen LogP contribution in [-0.2, 0) is 14.3 Å². The molecule has 2 aromatic rings. The molecule has 0 unspecified atom stereocenters. The van der Waals surface area contributed by atoms with E-state index in [1.807, 2.05) is 12.1 Å². The maximum absolute atomic E-state index is 12.3. The number of morpholine rings is 1. The molecule has 9 heteroatoms. The summed E-state index contributed by atoms with van der Waals surface area (Å²) in [5, 5.41) is 5.78. The Morgan fingerprint density at radius 1 is 1.31 bits per heavy atom. The summed E-state index contributed by atoms with van der Waals surface area (Å²) in [5.41, 5.74) is 1.97. The molecule has 2 aliphatic heterocycles.